The lowest BCUT2D eigenvalue weighted by Gasteiger charge is -2.11. The van der Waals surface area contributed by atoms with Gasteiger partial charge >= 0.3 is 0 Å². The number of fused-ring (bicyclic) bond motifs is 3. The molecule has 0 spiro atoms. The van der Waals surface area contributed by atoms with E-state index in [4.69, 9.17) is 16.3 Å². The molecule has 0 aliphatic heterocycles. The van der Waals surface area contributed by atoms with Gasteiger partial charge < -0.3 is 15.0 Å². The third-order valence-electron chi connectivity index (χ3n) is 4.75. The molecule has 4 rings (SSSR count). The molecule has 0 saturated heterocycles. The van der Waals surface area contributed by atoms with E-state index in [-0.39, 0.29) is 11.5 Å². The highest BCUT2D eigenvalue weighted by Gasteiger charge is 2.18. The fourth-order valence-corrected chi connectivity index (χ4v) is 3.71. The number of rotatable bonds is 3. The second-order valence-corrected chi connectivity index (χ2v) is 6.76. The lowest BCUT2D eigenvalue weighted by atomic mass is 10.1. The van der Waals surface area contributed by atoms with Gasteiger partial charge in [-0.25, -0.2) is 0 Å². The standard InChI is InChI=1S/C20H17ClN2O3/c1-26-18-8-5-11(21)9-16(18)20(25)22-12-6-7-14-13-3-2-4-15(13)19(24)23-17(14)10-12/h5-10H,2-4H2,1H3,(H,22,25)(H,23,24). The van der Waals surface area contributed by atoms with Crippen molar-refractivity contribution >= 4 is 34.1 Å². The predicted octanol–water partition coefficient (Wildman–Crippen LogP) is 3.93. The van der Waals surface area contributed by atoms with E-state index in [0.29, 0.717) is 22.0 Å². The molecule has 0 atom stereocenters. The highest BCUT2D eigenvalue weighted by Crippen LogP contribution is 2.28. The second-order valence-electron chi connectivity index (χ2n) is 6.32. The molecule has 3 aromatic rings. The summed E-state index contributed by atoms with van der Waals surface area (Å²) in [5.74, 6) is 0.117. The number of hydrogen-bond donors (Lipinski definition) is 2. The van der Waals surface area contributed by atoms with Gasteiger partial charge in [0.2, 0.25) is 0 Å². The average Bonchev–Trinajstić information content (AvgIpc) is 3.12. The SMILES string of the molecule is COc1ccc(Cl)cc1C(=O)Nc1ccc2c3c(c(=O)[nH]c2c1)CCC3. The van der Waals surface area contributed by atoms with Gasteiger partial charge in [0.1, 0.15) is 5.75 Å². The number of aromatic nitrogens is 1. The number of methoxy groups -OCH3 is 1. The number of hydrogen-bond acceptors (Lipinski definition) is 3. The van der Waals surface area contributed by atoms with Crippen molar-refractivity contribution < 1.29 is 9.53 Å². The third kappa shape index (κ3) is 2.84. The van der Waals surface area contributed by atoms with E-state index >= 15 is 0 Å². The summed E-state index contributed by atoms with van der Waals surface area (Å²) in [6.45, 7) is 0. The van der Waals surface area contributed by atoms with E-state index in [1.54, 1.807) is 24.3 Å². The van der Waals surface area contributed by atoms with Gasteiger partial charge in [-0.15, -0.1) is 0 Å². The predicted molar refractivity (Wildman–Crippen MR) is 103 cm³/mol. The number of amides is 1. The minimum Gasteiger partial charge on any atom is -0.496 e. The summed E-state index contributed by atoms with van der Waals surface area (Å²) in [4.78, 5) is 27.8. The number of carbonyl (C=O) groups excluding carboxylic acids is 1. The van der Waals surface area contributed by atoms with Crippen LogP contribution in [0.4, 0.5) is 5.69 Å². The van der Waals surface area contributed by atoms with Crippen LogP contribution in [0.3, 0.4) is 0 Å². The van der Waals surface area contributed by atoms with Crippen LogP contribution in [-0.4, -0.2) is 18.0 Å². The summed E-state index contributed by atoms with van der Waals surface area (Å²) in [5.41, 5.74) is 3.65. The maximum Gasteiger partial charge on any atom is 0.259 e. The monoisotopic (exact) mass is 368 g/mol. The first-order chi connectivity index (χ1) is 12.6. The zero-order valence-electron chi connectivity index (χ0n) is 14.2. The zero-order valence-corrected chi connectivity index (χ0v) is 14.9. The normalized spacial score (nSPS) is 12.8. The molecular weight excluding hydrogens is 352 g/mol. The molecule has 132 valence electrons. The van der Waals surface area contributed by atoms with Crippen molar-refractivity contribution in [1.82, 2.24) is 4.98 Å². The highest BCUT2D eigenvalue weighted by atomic mass is 35.5. The fraction of sp³-hybridized carbons (Fsp3) is 0.200. The van der Waals surface area contributed by atoms with Gasteiger partial charge in [-0.1, -0.05) is 17.7 Å². The molecular formula is C20H17ClN2O3. The van der Waals surface area contributed by atoms with Gasteiger partial charge in [0.25, 0.3) is 11.5 Å². The second kappa shape index (κ2) is 6.50. The topological polar surface area (TPSA) is 71.2 Å². The zero-order chi connectivity index (χ0) is 18.3. The minimum atomic E-state index is -0.327. The molecule has 1 heterocycles. The van der Waals surface area contributed by atoms with Crippen LogP contribution in [0.25, 0.3) is 10.9 Å². The summed E-state index contributed by atoms with van der Waals surface area (Å²) in [6.07, 6.45) is 2.75. The Hall–Kier alpha value is -2.79. The first-order valence-electron chi connectivity index (χ1n) is 8.39. The van der Waals surface area contributed by atoms with Gasteiger partial charge in [0.05, 0.1) is 18.2 Å². The molecule has 1 amide bonds. The molecule has 0 bridgehead atoms. The summed E-state index contributed by atoms with van der Waals surface area (Å²) < 4.78 is 5.23. The lowest BCUT2D eigenvalue weighted by Crippen LogP contribution is -2.14. The van der Waals surface area contributed by atoms with Gasteiger partial charge in [-0.2, -0.15) is 0 Å². The number of H-pyrrole nitrogens is 1. The van der Waals surface area contributed by atoms with Crippen LogP contribution in [0.5, 0.6) is 5.75 Å². The molecule has 5 nitrogen and oxygen atoms in total. The third-order valence-corrected chi connectivity index (χ3v) is 4.98. The highest BCUT2D eigenvalue weighted by molar-refractivity contribution is 6.31. The molecule has 1 aliphatic rings. The molecule has 1 aromatic heterocycles. The van der Waals surface area contributed by atoms with Gasteiger partial charge in [-0.05, 0) is 55.2 Å². The Kier molecular flexibility index (Phi) is 4.17. The summed E-state index contributed by atoms with van der Waals surface area (Å²) in [6, 6.07) is 10.4. The smallest absolute Gasteiger partial charge is 0.259 e. The lowest BCUT2D eigenvalue weighted by molar-refractivity contribution is 0.102. The molecule has 6 heteroatoms. The number of carbonyl (C=O) groups is 1. The van der Waals surface area contributed by atoms with Crippen molar-refractivity contribution in [3.05, 3.63) is 68.5 Å². The number of nitrogens with one attached hydrogen (secondary N) is 2. The number of benzene rings is 2. The number of aromatic amines is 1. The number of anilines is 1. The Balaban J connectivity index is 1.70. The average molecular weight is 369 g/mol. The number of halogens is 1. The van der Waals surface area contributed by atoms with E-state index in [9.17, 15) is 9.59 Å². The summed E-state index contributed by atoms with van der Waals surface area (Å²) in [7, 11) is 1.50. The molecule has 0 unspecified atom stereocenters. The Labute approximate surface area is 154 Å². The van der Waals surface area contributed by atoms with Crippen molar-refractivity contribution in [1.29, 1.82) is 0 Å². The maximum atomic E-state index is 12.6. The Morgan fingerprint density at radius 2 is 1.96 bits per heavy atom. The van der Waals surface area contributed by atoms with Crippen LogP contribution in [-0.2, 0) is 12.8 Å². The number of pyridine rings is 1. The molecule has 2 N–H and O–H groups in total. The van der Waals surface area contributed by atoms with Crippen molar-refractivity contribution in [2.45, 2.75) is 19.3 Å². The van der Waals surface area contributed by atoms with Crippen LogP contribution in [0.15, 0.2) is 41.2 Å². The first-order valence-corrected chi connectivity index (χ1v) is 8.77. The molecule has 0 fully saturated rings. The van der Waals surface area contributed by atoms with Crippen molar-refractivity contribution in [3.8, 4) is 5.75 Å². The van der Waals surface area contributed by atoms with Crippen LogP contribution in [0.1, 0.15) is 27.9 Å². The molecule has 0 radical (unpaired) electrons. The Bertz CT molecular complexity index is 1090. The molecule has 0 saturated carbocycles. The van der Waals surface area contributed by atoms with Crippen molar-refractivity contribution in [2.75, 3.05) is 12.4 Å². The first kappa shape index (κ1) is 16.7. The summed E-state index contributed by atoms with van der Waals surface area (Å²) in [5, 5.41) is 4.33. The fourth-order valence-electron chi connectivity index (χ4n) is 3.53. The van der Waals surface area contributed by atoms with E-state index in [1.165, 1.54) is 7.11 Å². The molecule has 2 aromatic carbocycles. The molecule has 1 aliphatic carbocycles. The van der Waals surface area contributed by atoms with Gasteiger partial charge in [0.15, 0.2) is 0 Å². The summed E-state index contributed by atoms with van der Waals surface area (Å²) >= 11 is 6.00. The van der Waals surface area contributed by atoms with Crippen molar-refractivity contribution in [2.24, 2.45) is 0 Å². The van der Waals surface area contributed by atoms with Crippen molar-refractivity contribution in [3.63, 3.8) is 0 Å². The maximum absolute atomic E-state index is 12.6. The van der Waals surface area contributed by atoms with E-state index in [0.717, 1.165) is 41.3 Å². The Morgan fingerprint density at radius 1 is 1.15 bits per heavy atom. The number of ether oxygens (including phenoxy) is 1. The van der Waals surface area contributed by atoms with E-state index in [2.05, 4.69) is 10.3 Å². The quantitative estimate of drug-likeness (QED) is 0.735. The Morgan fingerprint density at radius 3 is 2.77 bits per heavy atom. The van der Waals surface area contributed by atoms with Gasteiger partial charge in [0, 0.05) is 21.7 Å². The van der Waals surface area contributed by atoms with Gasteiger partial charge in [-0.3, -0.25) is 9.59 Å². The number of aryl methyl sites for hydroxylation is 1. The minimum absolute atomic E-state index is 0.0370. The van der Waals surface area contributed by atoms with Crippen LogP contribution in [0.2, 0.25) is 5.02 Å². The largest absolute Gasteiger partial charge is 0.496 e. The van der Waals surface area contributed by atoms with E-state index in [1.807, 2.05) is 12.1 Å². The van der Waals surface area contributed by atoms with E-state index < -0.39 is 0 Å². The van der Waals surface area contributed by atoms with Crippen LogP contribution < -0.4 is 15.6 Å². The van der Waals surface area contributed by atoms with Crippen LogP contribution in [0, 0.1) is 0 Å². The molecule has 26 heavy (non-hydrogen) atoms. The van der Waals surface area contributed by atoms with Crippen LogP contribution >= 0.6 is 11.6 Å².